The minimum atomic E-state index is -0.560. The van der Waals surface area contributed by atoms with Crippen molar-refractivity contribution in [2.24, 2.45) is 5.92 Å². The number of ether oxygens (including phenoxy) is 2. The quantitative estimate of drug-likeness (QED) is 0.186. The van der Waals surface area contributed by atoms with Gasteiger partial charge in [0.15, 0.2) is 0 Å². The van der Waals surface area contributed by atoms with Crippen LogP contribution in [0.15, 0.2) is 48.7 Å². The number of H-pyrrole nitrogens is 2. The van der Waals surface area contributed by atoms with Crippen LogP contribution in [0.2, 0.25) is 0 Å². The van der Waals surface area contributed by atoms with Gasteiger partial charge in [-0.1, -0.05) is 43.7 Å². The molecule has 2 aromatic heterocycles. The van der Waals surface area contributed by atoms with Gasteiger partial charge in [0, 0.05) is 23.5 Å². The summed E-state index contributed by atoms with van der Waals surface area (Å²) in [5.41, 5.74) is 8.19. The lowest BCUT2D eigenvalue weighted by Crippen LogP contribution is -2.40. The molecule has 2 N–H and O–H groups in total. The number of nitrogens with one attached hydrogen (secondary N) is 2. The van der Waals surface area contributed by atoms with Crippen molar-refractivity contribution in [3.8, 4) is 22.4 Å². The molecule has 0 radical (unpaired) electrons. The number of amides is 2. The summed E-state index contributed by atoms with van der Waals surface area (Å²) in [6, 6.07) is 15.3. The normalized spacial score (nSPS) is 21.7. The average molecular weight is 731 g/mol. The van der Waals surface area contributed by atoms with Crippen LogP contribution in [-0.2, 0) is 22.3 Å². The summed E-state index contributed by atoms with van der Waals surface area (Å²) in [6.07, 6.45) is 8.16. The van der Waals surface area contributed by atoms with Crippen LogP contribution in [0, 0.1) is 5.92 Å². The zero-order valence-corrected chi connectivity index (χ0v) is 33.0. The summed E-state index contributed by atoms with van der Waals surface area (Å²) in [7, 11) is 0. The van der Waals surface area contributed by atoms with Gasteiger partial charge in [-0.15, -0.1) is 0 Å². The predicted octanol–water partition coefficient (Wildman–Crippen LogP) is 10.4. The Labute approximate surface area is 318 Å². The van der Waals surface area contributed by atoms with Crippen molar-refractivity contribution >= 4 is 34.0 Å². The molecule has 0 bridgehead atoms. The maximum atomic E-state index is 13.2. The highest BCUT2D eigenvalue weighted by Gasteiger charge is 2.41. The van der Waals surface area contributed by atoms with Crippen LogP contribution in [0.5, 0.6) is 0 Å². The van der Waals surface area contributed by atoms with Gasteiger partial charge in [0.05, 0.1) is 35.0 Å². The molecule has 2 saturated heterocycles. The average Bonchev–Trinajstić information content (AvgIpc) is 3.94. The Bertz CT molecular complexity index is 2240. The number of aromatic amines is 2. The minimum Gasteiger partial charge on any atom is -0.444 e. The summed E-state index contributed by atoms with van der Waals surface area (Å²) in [5, 5.41) is 2.22. The summed E-state index contributed by atoms with van der Waals surface area (Å²) < 4.78 is 11.6. The van der Waals surface area contributed by atoms with Gasteiger partial charge in [0.25, 0.3) is 0 Å². The molecular formula is C44H54N6O4. The fourth-order valence-corrected chi connectivity index (χ4v) is 8.89. The fraction of sp³-hybridized carbons (Fsp3) is 0.500. The molecule has 0 spiro atoms. The minimum absolute atomic E-state index is 0.0798. The molecule has 10 heteroatoms. The van der Waals surface area contributed by atoms with Gasteiger partial charge in [-0.2, -0.15) is 0 Å². The van der Waals surface area contributed by atoms with Crippen molar-refractivity contribution in [2.45, 2.75) is 130 Å². The zero-order chi connectivity index (χ0) is 38.1. The second-order valence-corrected chi connectivity index (χ2v) is 17.7. The second kappa shape index (κ2) is 13.5. The fourth-order valence-electron chi connectivity index (χ4n) is 8.89. The highest BCUT2D eigenvalue weighted by atomic mass is 16.6. The molecule has 0 unspecified atom stereocenters. The first-order chi connectivity index (χ1) is 25.7. The Morgan fingerprint density at radius 3 is 2.31 bits per heavy atom. The molecule has 0 saturated carbocycles. The van der Waals surface area contributed by atoms with Crippen LogP contribution < -0.4 is 0 Å². The predicted molar refractivity (Wildman–Crippen MR) is 212 cm³/mol. The van der Waals surface area contributed by atoms with E-state index in [1.54, 1.807) is 0 Å². The largest absolute Gasteiger partial charge is 0.444 e. The van der Waals surface area contributed by atoms with Crippen molar-refractivity contribution in [1.82, 2.24) is 29.7 Å². The van der Waals surface area contributed by atoms with Crippen LogP contribution in [0.25, 0.3) is 44.2 Å². The van der Waals surface area contributed by atoms with Crippen molar-refractivity contribution in [2.75, 3.05) is 6.54 Å². The Morgan fingerprint density at radius 1 is 0.852 bits per heavy atom. The molecule has 2 aliphatic heterocycles. The molecule has 1 aliphatic carbocycles. The van der Waals surface area contributed by atoms with Crippen molar-refractivity contribution in [1.29, 1.82) is 0 Å². The molecule has 54 heavy (non-hydrogen) atoms. The van der Waals surface area contributed by atoms with E-state index in [1.165, 1.54) is 27.8 Å². The number of carbonyl (C=O) groups excluding carboxylic acids is 2. The number of hydrogen-bond acceptors (Lipinski definition) is 6. The van der Waals surface area contributed by atoms with Crippen LogP contribution >= 0.6 is 0 Å². The van der Waals surface area contributed by atoms with E-state index in [0.29, 0.717) is 12.5 Å². The van der Waals surface area contributed by atoms with Gasteiger partial charge < -0.3 is 19.4 Å². The van der Waals surface area contributed by atoms with E-state index in [9.17, 15) is 9.59 Å². The van der Waals surface area contributed by atoms with Gasteiger partial charge >= 0.3 is 12.2 Å². The molecule has 2 fully saturated rings. The topological polar surface area (TPSA) is 116 Å². The first-order valence-corrected chi connectivity index (χ1v) is 19.8. The number of nitrogens with zero attached hydrogens (tertiary/aromatic N) is 4. The molecule has 3 aromatic carbocycles. The molecule has 4 heterocycles. The van der Waals surface area contributed by atoms with Crippen LogP contribution in [0.4, 0.5) is 9.59 Å². The number of fused-ring (bicyclic) bond motifs is 4. The number of benzene rings is 3. The third-order valence-electron chi connectivity index (χ3n) is 11.5. The number of hydrogen-bond donors (Lipinski definition) is 2. The molecule has 2 amide bonds. The first-order valence-electron chi connectivity index (χ1n) is 19.8. The Kier molecular flexibility index (Phi) is 9.01. The maximum absolute atomic E-state index is 13.2. The lowest BCUT2D eigenvalue weighted by Gasteiger charge is -2.30. The zero-order valence-electron chi connectivity index (χ0n) is 33.0. The number of imidazole rings is 2. The van der Waals surface area contributed by atoms with Crippen molar-refractivity contribution < 1.29 is 19.1 Å². The van der Waals surface area contributed by atoms with E-state index in [2.05, 4.69) is 66.3 Å². The van der Waals surface area contributed by atoms with E-state index in [1.807, 2.05) is 57.5 Å². The van der Waals surface area contributed by atoms with E-state index in [0.717, 1.165) is 84.1 Å². The van der Waals surface area contributed by atoms with E-state index >= 15 is 0 Å². The van der Waals surface area contributed by atoms with Crippen LogP contribution in [0.1, 0.15) is 122 Å². The Morgan fingerprint density at radius 2 is 1.57 bits per heavy atom. The summed E-state index contributed by atoms with van der Waals surface area (Å²) in [4.78, 5) is 47.3. The van der Waals surface area contributed by atoms with Gasteiger partial charge in [0.1, 0.15) is 22.9 Å². The lowest BCUT2D eigenvalue weighted by molar-refractivity contribution is 0.0150. The molecule has 284 valence electrons. The van der Waals surface area contributed by atoms with Gasteiger partial charge in [-0.3, -0.25) is 9.80 Å². The maximum Gasteiger partial charge on any atom is 0.411 e. The molecule has 4 atom stereocenters. The van der Waals surface area contributed by atoms with Crippen LogP contribution in [-0.4, -0.2) is 65.7 Å². The molecule has 8 rings (SSSR count). The van der Waals surface area contributed by atoms with Crippen molar-refractivity contribution in [3.63, 3.8) is 0 Å². The molecular weight excluding hydrogens is 677 g/mol. The van der Waals surface area contributed by atoms with Crippen molar-refractivity contribution in [3.05, 3.63) is 71.4 Å². The lowest BCUT2D eigenvalue weighted by atomic mass is 9.91. The van der Waals surface area contributed by atoms with E-state index < -0.39 is 11.2 Å². The highest BCUT2D eigenvalue weighted by molar-refractivity contribution is 6.05. The van der Waals surface area contributed by atoms with Gasteiger partial charge in [-0.05, 0) is 133 Å². The molecule has 10 nitrogen and oxygen atoms in total. The van der Waals surface area contributed by atoms with Crippen LogP contribution in [0.3, 0.4) is 0 Å². The van der Waals surface area contributed by atoms with E-state index in [-0.39, 0.29) is 30.3 Å². The van der Waals surface area contributed by atoms with Gasteiger partial charge in [-0.25, -0.2) is 19.6 Å². The highest BCUT2D eigenvalue weighted by Crippen LogP contribution is 2.42. The summed E-state index contributed by atoms with van der Waals surface area (Å²) in [6.45, 7) is 16.4. The first kappa shape index (κ1) is 36.1. The summed E-state index contributed by atoms with van der Waals surface area (Å²) >= 11 is 0. The standard InChI is InChI=1S/C44H54N6O4/c1-9-26-21-37(49(24-26)41(51)53-43(3,4)5)39-45-23-35(47-39)33-18-17-29(31-11-10-12-32(31)33)27-14-16-30-28(22-27)15-19-34-38(30)48-40(46-34)36-20-13-25(2)50(36)42(52)54-44(6,7)8/h14-19,22-23,25-26,36-37H,9-13,20-21,24H2,1-8H3,(H,45,47)(H,46,48)/t25-,26-,36-,37-/m0/s1. The smallest absolute Gasteiger partial charge is 0.411 e. The number of likely N-dealkylation sites (tertiary alicyclic amines) is 2. The number of carbonyl (C=O) groups is 2. The number of aromatic nitrogens is 4. The second-order valence-electron chi connectivity index (χ2n) is 17.7. The Balaban J connectivity index is 1.08. The SMILES string of the molecule is CC[C@H]1C[C@@H](c2ncc(-c3ccc(-c4ccc5c(ccc6[nH]c([C@@H]7CC[C@H](C)N7C(=O)OC(C)(C)C)nc65)c4)c4c3CCC4)[nH]2)N(C(=O)OC(C)(C)C)C1. The molecule has 5 aromatic rings. The Hall–Kier alpha value is -4.86. The third kappa shape index (κ3) is 6.73. The summed E-state index contributed by atoms with van der Waals surface area (Å²) in [5.74, 6) is 2.05. The third-order valence-corrected chi connectivity index (χ3v) is 11.5. The monoisotopic (exact) mass is 730 g/mol. The van der Waals surface area contributed by atoms with Gasteiger partial charge in [0.2, 0.25) is 0 Å². The van der Waals surface area contributed by atoms with E-state index in [4.69, 9.17) is 19.4 Å². The number of rotatable bonds is 5. The molecule has 3 aliphatic rings.